The summed E-state index contributed by atoms with van der Waals surface area (Å²) in [6.45, 7) is 0. The molecule has 1 N–H and O–H groups in total. The van der Waals surface area contributed by atoms with Crippen molar-refractivity contribution in [3.63, 3.8) is 0 Å². The standard InChI is InChI=1S/C12H11ClF2O/c13-9-5-10(14)8(4-11(9)15)12(16)6-2-1-3-7(6)12/h4-7,16H,1-3H2. The molecule has 2 atom stereocenters. The Kier molecular flexibility index (Phi) is 2.08. The summed E-state index contributed by atoms with van der Waals surface area (Å²) in [7, 11) is 0. The van der Waals surface area contributed by atoms with Crippen LogP contribution >= 0.6 is 11.6 Å². The fourth-order valence-electron chi connectivity index (χ4n) is 3.15. The van der Waals surface area contributed by atoms with E-state index in [1.54, 1.807) is 0 Å². The Labute approximate surface area is 97.0 Å². The summed E-state index contributed by atoms with van der Waals surface area (Å²) < 4.78 is 26.9. The molecule has 1 aromatic carbocycles. The molecule has 2 unspecified atom stereocenters. The molecule has 16 heavy (non-hydrogen) atoms. The van der Waals surface area contributed by atoms with Gasteiger partial charge >= 0.3 is 0 Å². The van der Waals surface area contributed by atoms with Gasteiger partial charge in [0.05, 0.1) is 10.6 Å². The molecule has 3 rings (SSSR count). The number of rotatable bonds is 1. The van der Waals surface area contributed by atoms with Crippen molar-refractivity contribution >= 4 is 11.6 Å². The fourth-order valence-corrected chi connectivity index (χ4v) is 3.30. The molecule has 2 fully saturated rings. The van der Waals surface area contributed by atoms with Gasteiger partial charge in [-0.2, -0.15) is 0 Å². The number of hydrogen-bond acceptors (Lipinski definition) is 1. The average Bonchev–Trinajstić information content (AvgIpc) is 2.67. The van der Waals surface area contributed by atoms with Crippen LogP contribution in [0.25, 0.3) is 0 Å². The monoisotopic (exact) mass is 244 g/mol. The number of fused-ring (bicyclic) bond motifs is 1. The van der Waals surface area contributed by atoms with Crippen molar-refractivity contribution in [3.05, 3.63) is 34.4 Å². The summed E-state index contributed by atoms with van der Waals surface area (Å²) in [5, 5.41) is 10.1. The van der Waals surface area contributed by atoms with Crippen LogP contribution in [0.3, 0.4) is 0 Å². The molecule has 1 aromatic rings. The number of benzene rings is 1. The highest BCUT2D eigenvalue weighted by molar-refractivity contribution is 6.30. The highest BCUT2D eigenvalue weighted by Gasteiger charge is 2.67. The molecule has 0 amide bonds. The maximum absolute atomic E-state index is 13.7. The topological polar surface area (TPSA) is 20.2 Å². The highest BCUT2D eigenvalue weighted by Crippen LogP contribution is 2.66. The summed E-state index contributed by atoms with van der Waals surface area (Å²) >= 11 is 5.48. The first kappa shape index (κ1) is 10.5. The summed E-state index contributed by atoms with van der Waals surface area (Å²) in [5.41, 5.74) is -1.07. The third kappa shape index (κ3) is 1.19. The SMILES string of the molecule is OC1(c2cc(F)c(Cl)cc2F)C2CCCC21. The zero-order valence-electron chi connectivity index (χ0n) is 8.51. The fraction of sp³-hybridized carbons (Fsp3) is 0.500. The van der Waals surface area contributed by atoms with Crippen molar-refractivity contribution in [3.8, 4) is 0 Å². The molecular formula is C12H11ClF2O. The Hall–Kier alpha value is -0.670. The van der Waals surface area contributed by atoms with Crippen LogP contribution in [0.5, 0.6) is 0 Å². The molecule has 4 heteroatoms. The quantitative estimate of drug-likeness (QED) is 0.752. The Balaban J connectivity index is 2.05. The Morgan fingerprint density at radius 1 is 1.19 bits per heavy atom. The van der Waals surface area contributed by atoms with E-state index in [0.717, 1.165) is 31.4 Å². The molecule has 2 aliphatic carbocycles. The van der Waals surface area contributed by atoms with Crippen LogP contribution in [-0.2, 0) is 5.60 Å². The van der Waals surface area contributed by atoms with Gasteiger partial charge in [-0.15, -0.1) is 0 Å². The van der Waals surface area contributed by atoms with Gasteiger partial charge in [-0.3, -0.25) is 0 Å². The molecule has 1 nitrogen and oxygen atoms in total. The molecule has 2 aliphatic rings. The van der Waals surface area contributed by atoms with E-state index in [1.165, 1.54) is 0 Å². The van der Waals surface area contributed by atoms with Gasteiger partial charge in [-0.05, 0) is 36.8 Å². The van der Waals surface area contributed by atoms with Gasteiger partial charge in [0.15, 0.2) is 0 Å². The van der Waals surface area contributed by atoms with Crippen molar-refractivity contribution < 1.29 is 13.9 Å². The first-order chi connectivity index (χ1) is 7.55. The molecule has 0 aliphatic heterocycles. The predicted molar refractivity (Wildman–Crippen MR) is 56.1 cm³/mol. The molecule has 0 aromatic heterocycles. The largest absolute Gasteiger partial charge is 0.384 e. The molecule has 0 heterocycles. The van der Waals surface area contributed by atoms with Crippen LogP contribution in [0.15, 0.2) is 12.1 Å². The lowest BCUT2D eigenvalue weighted by Crippen LogP contribution is -2.15. The lowest BCUT2D eigenvalue weighted by atomic mass is 9.98. The van der Waals surface area contributed by atoms with E-state index in [4.69, 9.17) is 11.6 Å². The van der Waals surface area contributed by atoms with E-state index in [0.29, 0.717) is 0 Å². The second kappa shape index (κ2) is 3.17. The average molecular weight is 245 g/mol. The smallest absolute Gasteiger partial charge is 0.142 e. The zero-order valence-corrected chi connectivity index (χ0v) is 9.27. The molecule has 0 radical (unpaired) electrons. The lowest BCUT2D eigenvalue weighted by molar-refractivity contribution is 0.101. The van der Waals surface area contributed by atoms with E-state index in [-0.39, 0.29) is 22.4 Å². The molecular weight excluding hydrogens is 234 g/mol. The normalized spacial score (nSPS) is 36.2. The summed E-state index contributed by atoms with van der Waals surface area (Å²) in [6, 6.07) is 1.98. The first-order valence-electron chi connectivity index (χ1n) is 5.42. The van der Waals surface area contributed by atoms with Crippen LogP contribution in [0.1, 0.15) is 24.8 Å². The maximum atomic E-state index is 13.7. The Morgan fingerprint density at radius 2 is 1.81 bits per heavy atom. The van der Waals surface area contributed by atoms with Crippen LogP contribution in [0.2, 0.25) is 5.02 Å². The molecule has 86 valence electrons. The van der Waals surface area contributed by atoms with E-state index < -0.39 is 17.2 Å². The third-order valence-electron chi connectivity index (χ3n) is 3.98. The summed E-state index contributed by atoms with van der Waals surface area (Å²) in [5.74, 6) is -1.08. The second-order valence-corrected chi connectivity index (χ2v) is 5.12. The van der Waals surface area contributed by atoms with Gasteiger partial charge in [-0.1, -0.05) is 18.0 Å². The predicted octanol–water partition coefficient (Wildman–Crippen LogP) is 3.24. The van der Waals surface area contributed by atoms with Crippen LogP contribution < -0.4 is 0 Å². The van der Waals surface area contributed by atoms with Gasteiger partial charge < -0.3 is 5.11 Å². The van der Waals surface area contributed by atoms with Gasteiger partial charge in [0.25, 0.3) is 0 Å². The minimum Gasteiger partial charge on any atom is -0.384 e. The number of hydrogen-bond donors (Lipinski definition) is 1. The highest BCUT2D eigenvalue weighted by atomic mass is 35.5. The van der Waals surface area contributed by atoms with E-state index >= 15 is 0 Å². The van der Waals surface area contributed by atoms with Crippen molar-refractivity contribution in [1.82, 2.24) is 0 Å². The summed E-state index contributed by atoms with van der Waals surface area (Å²) in [4.78, 5) is 0. The number of aliphatic hydroxyl groups is 1. The summed E-state index contributed by atoms with van der Waals surface area (Å²) in [6.07, 6.45) is 2.85. The van der Waals surface area contributed by atoms with E-state index in [9.17, 15) is 13.9 Å². The molecule has 0 saturated heterocycles. The second-order valence-electron chi connectivity index (χ2n) is 4.72. The molecule has 2 saturated carbocycles. The van der Waals surface area contributed by atoms with Gasteiger partial charge in [0, 0.05) is 5.56 Å². The van der Waals surface area contributed by atoms with Crippen molar-refractivity contribution in [2.75, 3.05) is 0 Å². The third-order valence-corrected chi connectivity index (χ3v) is 4.27. The van der Waals surface area contributed by atoms with Gasteiger partial charge in [0.1, 0.15) is 11.6 Å². The van der Waals surface area contributed by atoms with Gasteiger partial charge in [-0.25, -0.2) is 8.78 Å². The van der Waals surface area contributed by atoms with Crippen molar-refractivity contribution in [1.29, 1.82) is 0 Å². The van der Waals surface area contributed by atoms with Crippen LogP contribution in [-0.4, -0.2) is 5.11 Å². The minimum atomic E-state index is -1.15. The molecule has 0 spiro atoms. The van der Waals surface area contributed by atoms with Crippen molar-refractivity contribution in [2.24, 2.45) is 11.8 Å². The number of halogens is 3. The first-order valence-corrected chi connectivity index (χ1v) is 5.80. The maximum Gasteiger partial charge on any atom is 0.142 e. The van der Waals surface area contributed by atoms with E-state index in [1.807, 2.05) is 0 Å². The Morgan fingerprint density at radius 3 is 2.44 bits per heavy atom. The Bertz CT molecular complexity index is 451. The molecule has 0 bridgehead atoms. The van der Waals surface area contributed by atoms with Crippen LogP contribution in [0, 0.1) is 23.5 Å². The van der Waals surface area contributed by atoms with E-state index in [2.05, 4.69) is 0 Å². The van der Waals surface area contributed by atoms with Crippen LogP contribution in [0.4, 0.5) is 8.78 Å². The zero-order chi connectivity index (χ0) is 11.5. The minimum absolute atomic E-state index is 0.0732. The lowest BCUT2D eigenvalue weighted by Gasteiger charge is -2.16. The van der Waals surface area contributed by atoms with Crippen molar-refractivity contribution in [2.45, 2.75) is 24.9 Å². The van der Waals surface area contributed by atoms with Gasteiger partial charge in [0.2, 0.25) is 0 Å².